The Morgan fingerprint density at radius 3 is 2.84 bits per heavy atom. The Morgan fingerprint density at radius 2 is 2.04 bits per heavy atom. The maximum Gasteiger partial charge on any atom is 0.180 e. The zero-order chi connectivity index (χ0) is 17.2. The van der Waals surface area contributed by atoms with Crippen molar-refractivity contribution < 1.29 is 10.2 Å². The molecular weight excluding hydrogens is 316 g/mol. The van der Waals surface area contributed by atoms with Gasteiger partial charge >= 0.3 is 0 Å². The van der Waals surface area contributed by atoms with Gasteiger partial charge in [0.15, 0.2) is 11.5 Å². The molecule has 2 aromatic heterocycles. The van der Waals surface area contributed by atoms with Crippen molar-refractivity contribution in [2.45, 2.75) is 44.4 Å². The van der Waals surface area contributed by atoms with Crippen LogP contribution in [0.25, 0.3) is 16.9 Å². The van der Waals surface area contributed by atoms with Crippen LogP contribution in [-0.4, -0.2) is 36.7 Å². The first-order chi connectivity index (χ1) is 12.2. The van der Waals surface area contributed by atoms with E-state index < -0.39 is 0 Å². The Kier molecular flexibility index (Phi) is 4.38. The number of anilines is 1. The molecule has 0 saturated heterocycles. The molecule has 0 unspecified atom stereocenters. The van der Waals surface area contributed by atoms with Gasteiger partial charge in [0, 0.05) is 30.2 Å². The van der Waals surface area contributed by atoms with Crippen LogP contribution in [0.3, 0.4) is 0 Å². The summed E-state index contributed by atoms with van der Waals surface area (Å²) in [6.07, 6.45) is 8.95. The van der Waals surface area contributed by atoms with E-state index in [4.69, 9.17) is 4.98 Å². The fourth-order valence-electron chi connectivity index (χ4n) is 3.41. The molecule has 1 aromatic carbocycles. The van der Waals surface area contributed by atoms with E-state index >= 15 is 0 Å². The summed E-state index contributed by atoms with van der Waals surface area (Å²) in [5, 5.41) is 22.6. The minimum Gasteiger partial charge on any atom is -0.393 e. The van der Waals surface area contributed by atoms with Crippen molar-refractivity contribution in [1.29, 1.82) is 0 Å². The van der Waals surface area contributed by atoms with Crippen molar-refractivity contribution in [3.63, 3.8) is 0 Å². The number of aliphatic hydroxyl groups excluding tert-OH is 2. The number of nitrogens with one attached hydrogen (secondary N) is 1. The summed E-state index contributed by atoms with van der Waals surface area (Å²) in [5.74, 6) is 0.762. The third-order valence-electron chi connectivity index (χ3n) is 4.82. The van der Waals surface area contributed by atoms with Gasteiger partial charge in [0.05, 0.1) is 18.4 Å². The standard InChI is InChI=1S/C19H22N4O2/c24-12-13-2-1-3-14(10-13)17-11-23-9-8-20-19(23)18(22-17)21-15-4-6-16(25)7-5-15/h1-3,8-11,15-16,24-25H,4-7,12H2,(H,21,22). The molecule has 0 aliphatic heterocycles. The van der Waals surface area contributed by atoms with Gasteiger partial charge in [0.2, 0.25) is 0 Å². The van der Waals surface area contributed by atoms with E-state index in [0.717, 1.165) is 54.0 Å². The first kappa shape index (κ1) is 16.1. The number of aliphatic hydroxyl groups is 2. The molecule has 3 N–H and O–H groups in total. The van der Waals surface area contributed by atoms with Gasteiger partial charge in [-0.25, -0.2) is 9.97 Å². The molecule has 0 spiro atoms. The lowest BCUT2D eigenvalue weighted by molar-refractivity contribution is 0.126. The number of hydrogen-bond donors (Lipinski definition) is 3. The molecule has 6 heteroatoms. The van der Waals surface area contributed by atoms with E-state index in [1.807, 2.05) is 41.1 Å². The average Bonchev–Trinajstić information content (AvgIpc) is 3.12. The van der Waals surface area contributed by atoms with Gasteiger partial charge in [-0.2, -0.15) is 0 Å². The van der Waals surface area contributed by atoms with Crippen LogP contribution in [0.5, 0.6) is 0 Å². The zero-order valence-electron chi connectivity index (χ0n) is 14.0. The third kappa shape index (κ3) is 3.36. The number of benzene rings is 1. The fraction of sp³-hybridized carbons (Fsp3) is 0.368. The van der Waals surface area contributed by atoms with Crippen LogP contribution in [-0.2, 0) is 6.61 Å². The highest BCUT2D eigenvalue weighted by Crippen LogP contribution is 2.26. The minimum absolute atomic E-state index is 0.0106. The lowest BCUT2D eigenvalue weighted by Gasteiger charge is -2.26. The van der Waals surface area contributed by atoms with Gasteiger partial charge < -0.3 is 19.9 Å². The second-order valence-electron chi connectivity index (χ2n) is 6.64. The Hall–Kier alpha value is -2.44. The maximum absolute atomic E-state index is 9.69. The van der Waals surface area contributed by atoms with Crippen molar-refractivity contribution in [2.75, 3.05) is 5.32 Å². The molecule has 6 nitrogen and oxygen atoms in total. The lowest BCUT2D eigenvalue weighted by atomic mass is 9.93. The lowest BCUT2D eigenvalue weighted by Crippen LogP contribution is -2.28. The van der Waals surface area contributed by atoms with Crippen LogP contribution in [0.4, 0.5) is 5.82 Å². The molecule has 0 atom stereocenters. The van der Waals surface area contributed by atoms with Crippen LogP contribution in [0.2, 0.25) is 0 Å². The van der Waals surface area contributed by atoms with Crippen molar-refractivity contribution in [2.24, 2.45) is 0 Å². The number of rotatable bonds is 4. The van der Waals surface area contributed by atoms with E-state index in [0.29, 0.717) is 6.04 Å². The zero-order valence-corrected chi connectivity index (χ0v) is 14.0. The molecule has 3 aromatic rings. The average molecular weight is 338 g/mol. The molecule has 0 bridgehead atoms. The second-order valence-corrected chi connectivity index (χ2v) is 6.64. The Bertz CT molecular complexity index is 869. The molecule has 130 valence electrons. The molecule has 1 saturated carbocycles. The highest BCUT2D eigenvalue weighted by atomic mass is 16.3. The molecule has 1 aliphatic rings. The van der Waals surface area contributed by atoms with E-state index in [1.54, 1.807) is 6.20 Å². The highest BCUT2D eigenvalue weighted by molar-refractivity contribution is 5.69. The molecular formula is C19H22N4O2. The maximum atomic E-state index is 9.69. The molecule has 0 amide bonds. The van der Waals surface area contributed by atoms with Gasteiger partial charge in [-0.1, -0.05) is 18.2 Å². The Morgan fingerprint density at radius 1 is 1.20 bits per heavy atom. The predicted molar refractivity (Wildman–Crippen MR) is 96.2 cm³/mol. The number of imidazole rings is 1. The fourth-order valence-corrected chi connectivity index (χ4v) is 3.41. The summed E-state index contributed by atoms with van der Waals surface area (Å²) in [6, 6.07) is 8.06. The number of hydrogen-bond acceptors (Lipinski definition) is 5. The number of fused-ring (bicyclic) bond motifs is 1. The topological polar surface area (TPSA) is 82.7 Å². The van der Waals surface area contributed by atoms with E-state index in [9.17, 15) is 10.2 Å². The largest absolute Gasteiger partial charge is 0.393 e. The van der Waals surface area contributed by atoms with Gasteiger partial charge in [-0.05, 0) is 37.3 Å². The number of nitrogens with zero attached hydrogens (tertiary/aromatic N) is 3. The van der Waals surface area contributed by atoms with Crippen molar-refractivity contribution >= 4 is 11.5 Å². The summed E-state index contributed by atoms with van der Waals surface area (Å²) in [4.78, 5) is 9.21. The summed E-state index contributed by atoms with van der Waals surface area (Å²) in [5.41, 5.74) is 3.46. The molecule has 1 fully saturated rings. The summed E-state index contributed by atoms with van der Waals surface area (Å²) >= 11 is 0. The second kappa shape index (κ2) is 6.82. The monoisotopic (exact) mass is 338 g/mol. The van der Waals surface area contributed by atoms with E-state index in [2.05, 4.69) is 10.3 Å². The van der Waals surface area contributed by atoms with Crippen LogP contribution in [0, 0.1) is 0 Å². The van der Waals surface area contributed by atoms with E-state index in [1.165, 1.54) is 0 Å². The van der Waals surface area contributed by atoms with Crippen molar-refractivity contribution in [3.05, 3.63) is 48.4 Å². The van der Waals surface area contributed by atoms with Crippen LogP contribution >= 0.6 is 0 Å². The Labute approximate surface area is 146 Å². The van der Waals surface area contributed by atoms with Gasteiger partial charge in [-0.15, -0.1) is 0 Å². The summed E-state index contributed by atoms with van der Waals surface area (Å²) in [7, 11) is 0. The third-order valence-corrected chi connectivity index (χ3v) is 4.82. The van der Waals surface area contributed by atoms with Crippen LogP contribution in [0.1, 0.15) is 31.2 Å². The number of aromatic nitrogens is 3. The van der Waals surface area contributed by atoms with Crippen LogP contribution in [0.15, 0.2) is 42.9 Å². The minimum atomic E-state index is -0.176. The molecule has 1 aliphatic carbocycles. The van der Waals surface area contributed by atoms with Gasteiger partial charge in [0.1, 0.15) is 0 Å². The first-order valence-corrected chi connectivity index (χ1v) is 8.71. The molecule has 4 rings (SSSR count). The molecule has 25 heavy (non-hydrogen) atoms. The Balaban J connectivity index is 1.69. The smallest absolute Gasteiger partial charge is 0.180 e. The van der Waals surface area contributed by atoms with Crippen molar-refractivity contribution in [3.8, 4) is 11.3 Å². The summed E-state index contributed by atoms with van der Waals surface area (Å²) in [6.45, 7) is 0.0106. The van der Waals surface area contributed by atoms with Crippen molar-refractivity contribution in [1.82, 2.24) is 14.4 Å². The normalized spacial score (nSPS) is 20.7. The predicted octanol–water partition coefficient (Wildman–Crippen LogP) is 2.60. The summed E-state index contributed by atoms with van der Waals surface area (Å²) < 4.78 is 1.97. The van der Waals surface area contributed by atoms with Gasteiger partial charge in [-0.3, -0.25) is 0 Å². The van der Waals surface area contributed by atoms with Crippen LogP contribution < -0.4 is 5.32 Å². The highest BCUT2D eigenvalue weighted by Gasteiger charge is 2.21. The first-order valence-electron chi connectivity index (χ1n) is 8.71. The molecule has 0 radical (unpaired) electrons. The SMILES string of the molecule is OCc1cccc(-c2cn3ccnc3c(NC3CCC(O)CC3)n2)c1. The molecule has 2 heterocycles. The quantitative estimate of drug-likeness (QED) is 0.681. The van der Waals surface area contributed by atoms with E-state index in [-0.39, 0.29) is 12.7 Å². The van der Waals surface area contributed by atoms with Gasteiger partial charge in [0.25, 0.3) is 0 Å².